The van der Waals surface area contributed by atoms with E-state index >= 15 is 0 Å². The van der Waals surface area contributed by atoms with Crippen molar-refractivity contribution in [2.75, 3.05) is 0 Å². The van der Waals surface area contributed by atoms with Gasteiger partial charge in [0.05, 0.1) is 10.6 Å². The lowest BCUT2D eigenvalue weighted by Gasteiger charge is -2.39. The van der Waals surface area contributed by atoms with Crippen LogP contribution in [0, 0.1) is 11.6 Å². The average molecular weight is 234 g/mol. The molecule has 1 aliphatic rings. The Labute approximate surface area is 90.7 Å². The summed E-state index contributed by atoms with van der Waals surface area (Å²) in [5.41, 5.74) is 4.67. The van der Waals surface area contributed by atoms with Gasteiger partial charge in [0.2, 0.25) is 0 Å². The Morgan fingerprint density at radius 3 is 2.47 bits per heavy atom. The van der Waals surface area contributed by atoms with Crippen molar-refractivity contribution in [3.63, 3.8) is 0 Å². The molecule has 0 amide bonds. The summed E-state index contributed by atoms with van der Waals surface area (Å²) in [7, 11) is 0. The Morgan fingerprint density at radius 1 is 1.40 bits per heavy atom. The largest absolute Gasteiger partial charge is 0.506 e. The minimum absolute atomic E-state index is 0.196. The molecule has 0 aromatic heterocycles. The quantitative estimate of drug-likeness (QED) is 0.733. The van der Waals surface area contributed by atoms with E-state index in [4.69, 9.17) is 17.3 Å². The minimum Gasteiger partial charge on any atom is -0.506 e. The van der Waals surface area contributed by atoms with Crippen LogP contribution < -0.4 is 5.73 Å². The summed E-state index contributed by atoms with van der Waals surface area (Å²) in [5.74, 6) is -2.62. The number of halogens is 3. The molecule has 5 heteroatoms. The fraction of sp³-hybridized carbons (Fsp3) is 0.400. The van der Waals surface area contributed by atoms with Gasteiger partial charge in [0.15, 0.2) is 11.6 Å². The molecule has 2 rings (SSSR count). The van der Waals surface area contributed by atoms with Gasteiger partial charge in [-0.2, -0.15) is 0 Å². The van der Waals surface area contributed by atoms with Gasteiger partial charge in [-0.15, -0.1) is 0 Å². The number of hydrogen-bond acceptors (Lipinski definition) is 2. The van der Waals surface area contributed by atoms with Crippen LogP contribution in [0.4, 0.5) is 8.78 Å². The number of phenols is 1. The van der Waals surface area contributed by atoms with E-state index in [1.807, 2.05) is 0 Å². The summed E-state index contributed by atoms with van der Waals surface area (Å²) < 4.78 is 26.6. The molecule has 0 atom stereocenters. The number of nitrogens with two attached hydrogens (primary N) is 1. The maximum Gasteiger partial charge on any atom is 0.167 e. The summed E-state index contributed by atoms with van der Waals surface area (Å²) in [5, 5.41) is 9.38. The average Bonchev–Trinajstić information content (AvgIpc) is 2.12. The number of hydrogen-bond donors (Lipinski definition) is 2. The van der Waals surface area contributed by atoms with E-state index in [0.717, 1.165) is 12.5 Å². The van der Waals surface area contributed by atoms with E-state index in [-0.39, 0.29) is 10.6 Å². The van der Waals surface area contributed by atoms with Gasteiger partial charge in [0.25, 0.3) is 0 Å². The number of benzene rings is 1. The molecule has 0 aliphatic heterocycles. The number of rotatable bonds is 1. The molecule has 2 nitrogen and oxygen atoms in total. The normalized spacial score (nSPS) is 18.7. The van der Waals surface area contributed by atoms with Gasteiger partial charge < -0.3 is 10.8 Å². The van der Waals surface area contributed by atoms with E-state index in [0.29, 0.717) is 12.8 Å². The maximum atomic E-state index is 13.5. The van der Waals surface area contributed by atoms with Crippen LogP contribution in [0.2, 0.25) is 5.02 Å². The minimum atomic E-state index is -1.10. The lowest BCUT2D eigenvalue weighted by molar-refractivity contribution is 0.233. The van der Waals surface area contributed by atoms with Crippen LogP contribution in [-0.2, 0) is 5.54 Å². The van der Waals surface area contributed by atoms with Gasteiger partial charge in [-0.1, -0.05) is 11.6 Å². The Hall–Kier alpha value is -0.870. The third kappa shape index (κ3) is 1.48. The molecule has 1 aromatic carbocycles. The van der Waals surface area contributed by atoms with Gasteiger partial charge in [0.1, 0.15) is 5.75 Å². The van der Waals surface area contributed by atoms with E-state index in [2.05, 4.69) is 0 Å². The zero-order valence-electron chi connectivity index (χ0n) is 7.86. The fourth-order valence-electron chi connectivity index (χ4n) is 1.85. The third-order valence-corrected chi connectivity index (χ3v) is 3.18. The fourth-order valence-corrected chi connectivity index (χ4v) is 2.04. The molecule has 0 saturated heterocycles. The van der Waals surface area contributed by atoms with Crippen LogP contribution in [0.3, 0.4) is 0 Å². The third-order valence-electron chi connectivity index (χ3n) is 2.89. The lowest BCUT2D eigenvalue weighted by Crippen LogP contribution is -2.44. The first kappa shape index (κ1) is 10.6. The Morgan fingerprint density at radius 2 is 2.00 bits per heavy atom. The molecule has 0 bridgehead atoms. The maximum absolute atomic E-state index is 13.5. The summed E-state index contributed by atoms with van der Waals surface area (Å²) in [4.78, 5) is 0. The van der Waals surface area contributed by atoms with Crippen LogP contribution in [0.5, 0.6) is 5.75 Å². The van der Waals surface area contributed by atoms with Crippen LogP contribution in [-0.4, -0.2) is 5.11 Å². The second-order valence-corrected chi connectivity index (χ2v) is 4.29. The highest BCUT2D eigenvalue weighted by atomic mass is 35.5. The summed E-state index contributed by atoms with van der Waals surface area (Å²) in [6.45, 7) is 0. The molecule has 1 aromatic rings. The summed E-state index contributed by atoms with van der Waals surface area (Å²) >= 11 is 5.57. The van der Waals surface area contributed by atoms with Gasteiger partial charge in [-0.05, 0) is 25.3 Å². The number of aromatic hydroxyl groups is 1. The molecule has 15 heavy (non-hydrogen) atoms. The van der Waals surface area contributed by atoms with Crippen molar-refractivity contribution < 1.29 is 13.9 Å². The highest BCUT2D eigenvalue weighted by molar-refractivity contribution is 6.32. The van der Waals surface area contributed by atoms with Crippen molar-refractivity contribution in [1.29, 1.82) is 0 Å². The predicted molar refractivity (Wildman–Crippen MR) is 52.7 cm³/mol. The monoisotopic (exact) mass is 233 g/mol. The van der Waals surface area contributed by atoms with Gasteiger partial charge in [-0.25, -0.2) is 8.78 Å². The van der Waals surface area contributed by atoms with E-state index < -0.39 is 22.9 Å². The molecule has 0 heterocycles. The molecule has 82 valence electrons. The first-order valence-corrected chi connectivity index (χ1v) is 4.99. The van der Waals surface area contributed by atoms with Crippen molar-refractivity contribution in [3.8, 4) is 5.75 Å². The molecular weight excluding hydrogens is 224 g/mol. The smallest absolute Gasteiger partial charge is 0.167 e. The second kappa shape index (κ2) is 3.32. The van der Waals surface area contributed by atoms with E-state index in [1.54, 1.807) is 0 Å². The standard InChI is InChI=1S/C10H10ClF2NO/c11-5-4-6(12)8(13)7(9(5)15)10(14)2-1-3-10/h4,15H,1-3,14H2. The molecule has 0 spiro atoms. The van der Waals surface area contributed by atoms with Gasteiger partial charge in [-0.3, -0.25) is 0 Å². The van der Waals surface area contributed by atoms with Crippen LogP contribution in [0.15, 0.2) is 6.07 Å². The molecule has 1 fully saturated rings. The number of phenolic OH excluding ortho intramolecular Hbond substituents is 1. The van der Waals surface area contributed by atoms with Crippen LogP contribution in [0.1, 0.15) is 24.8 Å². The zero-order chi connectivity index (χ0) is 11.2. The Bertz CT molecular complexity index is 392. The highest BCUT2D eigenvalue weighted by Crippen LogP contribution is 2.46. The topological polar surface area (TPSA) is 46.2 Å². The lowest BCUT2D eigenvalue weighted by atomic mass is 9.72. The Balaban J connectivity index is 2.63. The second-order valence-electron chi connectivity index (χ2n) is 3.89. The first-order valence-electron chi connectivity index (χ1n) is 4.61. The van der Waals surface area contributed by atoms with Crippen molar-refractivity contribution >= 4 is 11.6 Å². The SMILES string of the molecule is NC1(c2c(O)c(Cl)cc(F)c2F)CCC1. The summed E-state index contributed by atoms with van der Waals surface area (Å²) in [6, 6.07) is 0.748. The first-order chi connectivity index (χ1) is 6.96. The molecule has 1 saturated carbocycles. The van der Waals surface area contributed by atoms with E-state index in [9.17, 15) is 13.9 Å². The molecule has 3 N–H and O–H groups in total. The Kier molecular flexibility index (Phi) is 2.35. The highest BCUT2D eigenvalue weighted by Gasteiger charge is 2.40. The summed E-state index contributed by atoms with van der Waals surface area (Å²) in [6.07, 6.45) is 1.89. The molecule has 0 unspecified atom stereocenters. The van der Waals surface area contributed by atoms with E-state index in [1.165, 1.54) is 0 Å². The van der Waals surface area contributed by atoms with Crippen molar-refractivity contribution in [2.24, 2.45) is 5.73 Å². The zero-order valence-corrected chi connectivity index (χ0v) is 8.61. The van der Waals surface area contributed by atoms with Crippen molar-refractivity contribution in [1.82, 2.24) is 0 Å². The molecular formula is C10H10ClF2NO. The van der Waals surface area contributed by atoms with Crippen molar-refractivity contribution in [3.05, 3.63) is 28.3 Å². The van der Waals surface area contributed by atoms with Crippen LogP contribution >= 0.6 is 11.6 Å². The molecule has 1 aliphatic carbocycles. The molecule has 0 radical (unpaired) electrons. The van der Waals surface area contributed by atoms with Gasteiger partial charge >= 0.3 is 0 Å². The van der Waals surface area contributed by atoms with Crippen molar-refractivity contribution in [2.45, 2.75) is 24.8 Å². The van der Waals surface area contributed by atoms with Crippen LogP contribution in [0.25, 0.3) is 0 Å². The van der Waals surface area contributed by atoms with Gasteiger partial charge in [0, 0.05) is 5.54 Å². The predicted octanol–water partition coefficient (Wildman–Crippen LogP) is 2.66.